The van der Waals surface area contributed by atoms with Crippen molar-refractivity contribution in [2.75, 3.05) is 26.2 Å². The Morgan fingerprint density at radius 3 is 2.71 bits per heavy atom. The van der Waals surface area contributed by atoms with Gasteiger partial charge >= 0.3 is 0 Å². The number of nitrogens with zero attached hydrogens (tertiary/aromatic N) is 7. The summed E-state index contributed by atoms with van der Waals surface area (Å²) in [6.07, 6.45) is 7.22. The molecule has 5 rings (SSSR count). The molecular formula is C22H22ClN7O. The normalized spacial score (nSPS) is 15.0. The molecule has 0 unspecified atom stereocenters. The Bertz CT molecular complexity index is 1230. The van der Waals surface area contributed by atoms with Gasteiger partial charge in [-0.3, -0.25) is 9.69 Å². The monoisotopic (exact) mass is 435 g/mol. The molecule has 5 heterocycles. The fraction of sp³-hybridized carbons (Fsp3) is 0.273. The summed E-state index contributed by atoms with van der Waals surface area (Å²) in [6.45, 7) is 5.60. The van der Waals surface area contributed by atoms with Crippen molar-refractivity contribution in [1.29, 1.82) is 0 Å². The van der Waals surface area contributed by atoms with E-state index in [1.54, 1.807) is 17.1 Å². The smallest absolute Gasteiger partial charge is 0.257 e. The third-order valence-corrected chi connectivity index (χ3v) is 5.84. The predicted molar refractivity (Wildman–Crippen MR) is 117 cm³/mol. The molecule has 0 saturated carbocycles. The largest absolute Gasteiger partial charge is 0.336 e. The van der Waals surface area contributed by atoms with E-state index >= 15 is 0 Å². The number of rotatable bonds is 4. The highest BCUT2D eigenvalue weighted by atomic mass is 35.5. The first-order chi connectivity index (χ1) is 15.1. The number of pyridine rings is 2. The Hall–Kier alpha value is -3.23. The molecule has 1 aliphatic heterocycles. The predicted octanol–water partition coefficient (Wildman–Crippen LogP) is 2.83. The standard InChI is InChI=1S/C22H22ClN7O/c1-16-19(12-25-30(16)20-4-2-3-7-24-20)22(31)28-10-8-27(9-11-28)14-18-15-29-13-17(23)5-6-21(29)26-18/h2-7,12-13,15H,8-11,14H2,1H3. The zero-order valence-electron chi connectivity index (χ0n) is 17.1. The molecule has 8 nitrogen and oxygen atoms in total. The molecule has 158 valence electrons. The van der Waals surface area contributed by atoms with E-state index < -0.39 is 0 Å². The molecule has 4 aromatic heterocycles. The zero-order chi connectivity index (χ0) is 21.4. The first-order valence-electron chi connectivity index (χ1n) is 10.2. The quantitative estimate of drug-likeness (QED) is 0.493. The minimum absolute atomic E-state index is 0.0155. The summed E-state index contributed by atoms with van der Waals surface area (Å²) < 4.78 is 3.65. The second-order valence-electron chi connectivity index (χ2n) is 7.66. The summed E-state index contributed by atoms with van der Waals surface area (Å²) >= 11 is 6.06. The molecule has 0 atom stereocenters. The second-order valence-corrected chi connectivity index (χ2v) is 8.09. The average molecular weight is 436 g/mol. The third kappa shape index (κ3) is 3.92. The van der Waals surface area contributed by atoms with Crippen LogP contribution in [0.2, 0.25) is 5.02 Å². The Balaban J connectivity index is 1.23. The summed E-state index contributed by atoms with van der Waals surface area (Å²) in [4.78, 5) is 26.3. The van der Waals surface area contributed by atoms with Crippen molar-refractivity contribution in [3.05, 3.63) is 77.1 Å². The lowest BCUT2D eigenvalue weighted by Crippen LogP contribution is -2.48. The first kappa shape index (κ1) is 19.7. The average Bonchev–Trinajstić information content (AvgIpc) is 3.36. The number of aromatic nitrogens is 5. The van der Waals surface area contributed by atoms with Gasteiger partial charge in [-0.2, -0.15) is 5.10 Å². The first-order valence-corrected chi connectivity index (χ1v) is 10.6. The van der Waals surface area contributed by atoms with Crippen LogP contribution in [0.5, 0.6) is 0 Å². The van der Waals surface area contributed by atoms with Gasteiger partial charge in [-0.05, 0) is 31.2 Å². The van der Waals surface area contributed by atoms with Crippen molar-refractivity contribution in [3.8, 4) is 5.82 Å². The topological polar surface area (TPSA) is 71.6 Å². The molecule has 4 aromatic rings. The van der Waals surface area contributed by atoms with E-state index in [-0.39, 0.29) is 5.91 Å². The summed E-state index contributed by atoms with van der Waals surface area (Å²) in [5, 5.41) is 5.06. The molecule has 0 aromatic carbocycles. The van der Waals surface area contributed by atoms with Gasteiger partial charge < -0.3 is 9.30 Å². The van der Waals surface area contributed by atoms with Crippen molar-refractivity contribution in [2.45, 2.75) is 13.5 Å². The number of carbonyl (C=O) groups excluding carboxylic acids is 1. The fourth-order valence-electron chi connectivity index (χ4n) is 3.93. The SMILES string of the molecule is Cc1c(C(=O)N2CCN(Cc3cn4cc(Cl)ccc4n3)CC2)cnn1-c1ccccn1. The Kier molecular flexibility index (Phi) is 5.17. The molecule has 0 N–H and O–H groups in total. The van der Waals surface area contributed by atoms with E-state index in [2.05, 4.69) is 20.0 Å². The van der Waals surface area contributed by atoms with Crippen molar-refractivity contribution >= 4 is 23.2 Å². The summed E-state index contributed by atoms with van der Waals surface area (Å²) in [6, 6.07) is 9.39. The van der Waals surface area contributed by atoms with Crippen molar-refractivity contribution in [3.63, 3.8) is 0 Å². The molecule has 1 saturated heterocycles. The van der Waals surface area contributed by atoms with Crippen LogP contribution < -0.4 is 0 Å². The Morgan fingerprint density at radius 1 is 1.10 bits per heavy atom. The van der Waals surface area contributed by atoms with E-state index in [1.807, 2.05) is 58.9 Å². The minimum Gasteiger partial charge on any atom is -0.336 e. The van der Waals surface area contributed by atoms with Crippen LogP contribution in [-0.2, 0) is 6.54 Å². The summed E-state index contributed by atoms with van der Waals surface area (Å²) in [5.74, 6) is 0.722. The third-order valence-electron chi connectivity index (χ3n) is 5.62. The van der Waals surface area contributed by atoms with Gasteiger partial charge in [0.25, 0.3) is 5.91 Å². The number of amides is 1. The molecule has 1 amide bonds. The Morgan fingerprint density at radius 2 is 1.94 bits per heavy atom. The van der Waals surface area contributed by atoms with Gasteiger partial charge in [0.2, 0.25) is 0 Å². The number of carbonyl (C=O) groups is 1. The highest BCUT2D eigenvalue weighted by Gasteiger charge is 2.25. The molecule has 0 spiro atoms. The van der Waals surface area contributed by atoms with E-state index in [0.717, 1.165) is 36.7 Å². The van der Waals surface area contributed by atoms with Crippen LogP contribution in [-0.4, -0.2) is 66.0 Å². The van der Waals surface area contributed by atoms with Gasteiger partial charge in [0.15, 0.2) is 5.82 Å². The van der Waals surface area contributed by atoms with Gasteiger partial charge in [0, 0.05) is 51.3 Å². The Labute approximate surface area is 184 Å². The van der Waals surface area contributed by atoms with Crippen LogP contribution in [0.15, 0.2) is 55.1 Å². The second kappa shape index (κ2) is 8.13. The number of hydrogen-bond donors (Lipinski definition) is 0. The maximum absolute atomic E-state index is 13.1. The van der Waals surface area contributed by atoms with Crippen LogP contribution in [0, 0.1) is 6.92 Å². The van der Waals surface area contributed by atoms with E-state index in [4.69, 9.17) is 11.6 Å². The highest BCUT2D eigenvalue weighted by Crippen LogP contribution is 2.17. The van der Waals surface area contributed by atoms with Crippen molar-refractivity contribution in [1.82, 2.24) is 33.9 Å². The number of hydrogen-bond acceptors (Lipinski definition) is 5. The number of imidazole rings is 1. The lowest BCUT2D eigenvalue weighted by molar-refractivity contribution is 0.0626. The van der Waals surface area contributed by atoms with Gasteiger partial charge in [0.1, 0.15) is 5.65 Å². The molecule has 31 heavy (non-hydrogen) atoms. The van der Waals surface area contributed by atoms with Gasteiger partial charge in [-0.1, -0.05) is 17.7 Å². The van der Waals surface area contributed by atoms with Crippen LogP contribution in [0.4, 0.5) is 0 Å². The van der Waals surface area contributed by atoms with Gasteiger partial charge in [0.05, 0.1) is 28.2 Å². The van der Waals surface area contributed by atoms with E-state index in [0.29, 0.717) is 29.5 Å². The maximum Gasteiger partial charge on any atom is 0.257 e. The van der Waals surface area contributed by atoms with Crippen LogP contribution in [0.3, 0.4) is 0 Å². The van der Waals surface area contributed by atoms with Crippen molar-refractivity contribution < 1.29 is 4.79 Å². The molecular weight excluding hydrogens is 414 g/mol. The molecule has 1 aliphatic rings. The summed E-state index contributed by atoms with van der Waals surface area (Å²) in [5.41, 5.74) is 3.30. The lowest BCUT2D eigenvalue weighted by atomic mass is 10.2. The van der Waals surface area contributed by atoms with Crippen molar-refractivity contribution in [2.24, 2.45) is 0 Å². The van der Waals surface area contributed by atoms with Crippen LogP contribution >= 0.6 is 11.6 Å². The van der Waals surface area contributed by atoms with Crippen LogP contribution in [0.25, 0.3) is 11.5 Å². The minimum atomic E-state index is 0.0155. The van der Waals surface area contributed by atoms with Gasteiger partial charge in [-0.25, -0.2) is 14.6 Å². The van der Waals surface area contributed by atoms with E-state index in [1.165, 1.54) is 0 Å². The molecule has 9 heteroatoms. The number of piperazine rings is 1. The zero-order valence-corrected chi connectivity index (χ0v) is 17.9. The number of fused-ring (bicyclic) bond motifs is 1. The maximum atomic E-state index is 13.1. The molecule has 1 fully saturated rings. The van der Waals surface area contributed by atoms with Crippen LogP contribution in [0.1, 0.15) is 21.7 Å². The van der Waals surface area contributed by atoms with E-state index in [9.17, 15) is 4.79 Å². The van der Waals surface area contributed by atoms with Gasteiger partial charge in [-0.15, -0.1) is 0 Å². The lowest BCUT2D eigenvalue weighted by Gasteiger charge is -2.34. The highest BCUT2D eigenvalue weighted by molar-refractivity contribution is 6.30. The number of halogens is 1. The molecule has 0 bridgehead atoms. The summed E-state index contributed by atoms with van der Waals surface area (Å²) in [7, 11) is 0. The molecule has 0 aliphatic carbocycles. The molecule has 0 radical (unpaired) electrons. The fourth-order valence-corrected chi connectivity index (χ4v) is 4.10.